The Morgan fingerprint density at radius 3 is 2.50 bits per heavy atom. The molecule has 1 aliphatic heterocycles. The molecule has 1 aromatic rings. The fourth-order valence-corrected chi connectivity index (χ4v) is 3.15. The van der Waals surface area contributed by atoms with Crippen molar-refractivity contribution in [2.75, 3.05) is 20.3 Å². The molecular formula is C14H17BrF3NO. The summed E-state index contributed by atoms with van der Waals surface area (Å²) in [5.41, 5.74) is 0.0530. The third kappa shape index (κ3) is 3.54. The van der Waals surface area contributed by atoms with Crippen LogP contribution in [-0.4, -0.2) is 20.3 Å². The molecule has 2 rings (SSSR count). The molecular weight excluding hydrogens is 335 g/mol. The molecule has 0 amide bonds. The number of alkyl halides is 3. The van der Waals surface area contributed by atoms with Crippen molar-refractivity contribution in [3.05, 3.63) is 33.8 Å². The summed E-state index contributed by atoms with van der Waals surface area (Å²) in [6.07, 6.45) is -2.62. The van der Waals surface area contributed by atoms with Gasteiger partial charge >= 0.3 is 6.18 Å². The number of benzene rings is 1. The van der Waals surface area contributed by atoms with E-state index in [4.69, 9.17) is 4.74 Å². The standard InChI is InChI=1S/C14H17BrF3NO/c1-19-13(9-4-6-20-7-5-9)10-2-3-12(15)11(8-10)14(16,17)18/h2-3,8-9,13,19H,4-7H2,1H3. The van der Waals surface area contributed by atoms with Crippen molar-refractivity contribution in [1.29, 1.82) is 0 Å². The van der Waals surface area contributed by atoms with Crippen LogP contribution in [0.15, 0.2) is 22.7 Å². The average Bonchev–Trinajstić information content (AvgIpc) is 2.41. The molecule has 2 nitrogen and oxygen atoms in total. The summed E-state index contributed by atoms with van der Waals surface area (Å²) in [4.78, 5) is 0. The molecule has 1 aromatic carbocycles. The summed E-state index contributed by atoms with van der Waals surface area (Å²) in [6, 6.07) is 4.38. The summed E-state index contributed by atoms with van der Waals surface area (Å²) in [5.74, 6) is 0.302. The zero-order chi connectivity index (χ0) is 14.8. The molecule has 0 bridgehead atoms. The largest absolute Gasteiger partial charge is 0.417 e. The van der Waals surface area contributed by atoms with Crippen molar-refractivity contribution in [3.8, 4) is 0 Å². The normalized spacial score (nSPS) is 19.1. The SMILES string of the molecule is CNC(c1ccc(Br)c(C(F)(F)F)c1)C1CCOCC1. The van der Waals surface area contributed by atoms with Gasteiger partial charge < -0.3 is 10.1 Å². The third-order valence-corrected chi connectivity index (χ3v) is 4.39. The van der Waals surface area contributed by atoms with Crippen LogP contribution in [0.25, 0.3) is 0 Å². The van der Waals surface area contributed by atoms with E-state index < -0.39 is 11.7 Å². The highest BCUT2D eigenvalue weighted by atomic mass is 79.9. The Morgan fingerprint density at radius 1 is 1.30 bits per heavy atom. The van der Waals surface area contributed by atoms with Gasteiger partial charge in [0, 0.05) is 23.7 Å². The maximum Gasteiger partial charge on any atom is 0.417 e. The van der Waals surface area contributed by atoms with Crippen molar-refractivity contribution in [3.63, 3.8) is 0 Å². The van der Waals surface area contributed by atoms with Crippen molar-refractivity contribution < 1.29 is 17.9 Å². The van der Waals surface area contributed by atoms with Crippen LogP contribution in [0, 0.1) is 5.92 Å². The molecule has 0 aromatic heterocycles. The van der Waals surface area contributed by atoms with Gasteiger partial charge in [0.1, 0.15) is 0 Å². The van der Waals surface area contributed by atoms with Crippen LogP contribution in [0.2, 0.25) is 0 Å². The Bertz CT molecular complexity index is 458. The maximum absolute atomic E-state index is 13.0. The lowest BCUT2D eigenvalue weighted by atomic mass is 9.86. The van der Waals surface area contributed by atoms with Gasteiger partial charge in [-0.25, -0.2) is 0 Å². The molecule has 0 spiro atoms. The Hall–Kier alpha value is -0.590. The number of rotatable bonds is 3. The van der Waals surface area contributed by atoms with Crippen molar-refractivity contribution >= 4 is 15.9 Å². The highest BCUT2D eigenvalue weighted by Gasteiger charge is 2.34. The van der Waals surface area contributed by atoms with Gasteiger partial charge in [-0.3, -0.25) is 0 Å². The lowest BCUT2D eigenvalue weighted by Gasteiger charge is -2.31. The quantitative estimate of drug-likeness (QED) is 0.882. The summed E-state index contributed by atoms with van der Waals surface area (Å²) in [7, 11) is 1.79. The number of hydrogen-bond acceptors (Lipinski definition) is 2. The van der Waals surface area contributed by atoms with Crippen LogP contribution in [0.4, 0.5) is 13.2 Å². The smallest absolute Gasteiger partial charge is 0.381 e. The first-order valence-electron chi connectivity index (χ1n) is 6.55. The van der Waals surface area contributed by atoms with Crippen LogP contribution in [0.5, 0.6) is 0 Å². The van der Waals surface area contributed by atoms with Crippen molar-refractivity contribution in [1.82, 2.24) is 5.32 Å². The van der Waals surface area contributed by atoms with E-state index in [0.717, 1.165) is 12.8 Å². The molecule has 112 valence electrons. The maximum atomic E-state index is 13.0. The van der Waals surface area contributed by atoms with Gasteiger partial charge in [0.2, 0.25) is 0 Å². The average molecular weight is 352 g/mol. The molecule has 1 heterocycles. The van der Waals surface area contributed by atoms with Gasteiger partial charge in [0.25, 0.3) is 0 Å². The number of hydrogen-bond donors (Lipinski definition) is 1. The molecule has 0 saturated carbocycles. The van der Waals surface area contributed by atoms with Gasteiger partial charge in [-0.05, 0) is 43.5 Å². The van der Waals surface area contributed by atoms with Crippen LogP contribution in [0.1, 0.15) is 30.0 Å². The second kappa shape index (κ2) is 6.45. The van der Waals surface area contributed by atoms with Gasteiger partial charge in [-0.2, -0.15) is 13.2 Å². The van der Waals surface area contributed by atoms with E-state index in [1.54, 1.807) is 13.1 Å². The number of ether oxygens (including phenoxy) is 1. The first kappa shape index (κ1) is 15.8. The van der Waals surface area contributed by atoms with E-state index in [-0.39, 0.29) is 10.5 Å². The summed E-state index contributed by atoms with van der Waals surface area (Å²) in [5, 5.41) is 3.15. The Morgan fingerprint density at radius 2 is 1.95 bits per heavy atom. The Labute approximate surface area is 124 Å². The predicted octanol–water partition coefficient (Wildman–Crippen LogP) is 4.16. The van der Waals surface area contributed by atoms with Crippen molar-refractivity contribution in [2.24, 2.45) is 5.92 Å². The molecule has 1 atom stereocenters. The summed E-state index contributed by atoms with van der Waals surface area (Å²) in [6.45, 7) is 1.34. The molecule has 1 aliphatic rings. The fraction of sp³-hybridized carbons (Fsp3) is 0.571. The summed E-state index contributed by atoms with van der Waals surface area (Å²) < 4.78 is 44.3. The minimum absolute atomic E-state index is 0.0758. The van der Waals surface area contributed by atoms with E-state index in [1.807, 2.05) is 0 Å². The third-order valence-electron chi connectivity index (χ3n) is 3.70. The minimum Gasteiger partial charge on any atom is -0.381 e. The van der Waals surface area contributed by atoms with E-state index in [2.05, 4.69) is 21.2 Å². The predicted molar refractivity (Wildman–Crippen MR) is 74.5 cm³/mol. The molecule has 0 radical (unpaired) electrons. The second-order valence-electron chi connectivity index (χ2n) is 4.95. The van der Waals surface area contributed by atoms with E-state index >= 15 is 0 Å². The molecule has 20 heavy (non-hydrogen) atoms. The zero-order valence-corrected chi connectivity index (χ0v) is 12.7. The fourth-order valence-electron chi connectivity index (χ4n) is 2.68. The zero-order valence-electron chi connectivity index (χ0n) is 11.1. The first-order chi connectivity index (χ1) is 9.43. The van der Waals surface area contributed by atoms with E-state index in [1.165, 1.54) is 12.1 Å². The molecule has 1 fully saturated rings. The topological polar surface area (TPSA) is 21.3 Å². The Kier molecular flexibility index (Phi) is 5.09. The highest BCUT2D eigenvalue weighted by Crippen LogP contribution is 2.38. The Balaban J connectivity index is 2.30. The van der Waals surface area contributed by atoms with Crippen molar-refractivity contribution in [2.45, 2.75) is 25.1 Å². The molecule has 6 heteroatoms. The molecule has 0 aliphatic carbocycles. The van der Waals surface area contributed by atoms with Gasteiger partial charge in [-0.15, -0.1) is 0 Å². The lowest BCUT2D eigenvalue weighted by molar-refractivity contribution is -0.138. The molecule has 1 unspecified atom stereocenters. The van der Waals surface area contributed by atoms with E-state index in [9.17, 15) is 13.2 Å². The van der Waals surface area contributed by atoms with E-state index in [0.29, 0.717) is 24.7 Å². The second-order valence-corrected chi connectivity index (χ2v) is 5.81. The van der Waals surface area contributed by atoms with Gasteiger partial charge in [-0.1, -0.05) is 22.0 Å². The molecule has 1 N–H and O–H groups in total. The monoisotopic (exact) mass is 351 g/mol. The van der Waals surface area contributed by atoms with Crippen LogP contribution in [0.3, 0.4) is 0 Å². The van der Waals surface area contributed by atoms with Crippen LogP contribution < -0.4 is 5.32 Å². The highest BCUT2D eigenvalue weighted by molar-refractivity contribution is 9.10. The first-order valence-corrected chi connectivity index (χ1v) is 7.34. The van der Waals surface area contributed by atoms with Gasteiger partial charge in [0.15, 0.2) is 0 Å². The van der Waals surface area contributed by atoms with Crippen LogP contribution >= 0.6 is 15.9 Å². The minimum atomic E-state index is -4.34. The summed E-state index contributed by atoms with van der Waals surface area (Å²) >= 11 is 2.97. The molecule has 1 saturated heterocycles. The van der Waals surface area contributed by atoms with Gasteiger partial charge in [0.05, 0.1) is 5.56 Å². The number of nitrogens with one attached hydrogen (secondary N) is 1. The lowest BCUT2D eigenvalue weighted by Crippen LogP contribution is -2.30. The number of halogens is 4. The van der Waals surface area contributed by atoms with Crippen LogP contribution in [-0.2, 0) is 10.9 Å².